The molecule has 0 amide bonds. The molecule has 0 radical (unpaired) electrons. The van der Waals surface area contributed by atoms with Gasteiger partial charge in [-0.25, -0.2) is 0 Å². The van der Waals surface area contributed by atoms with Gasteiger partial charge in [0, 0.05) is 24.8 Å². The van der Waals surface area contributed by atoms with Gasteiger partial charge in [-0.2, -0.15) is 0 Å². The van der Waals surface area contributed by atoms with E-state index in [4.69, 9.17) is 10.5 Å². The van der Waals surface area contributed by atoms with E-state index in [0.717, 1.165) is 26.1 Å². The number of likely N-dealkylation sites (tertiary alicyclic amines) is 1. The lowest BCUT2D eigenvalue weighted by atomic mass is 9.79. The zero-order chi connectivity index (χ0) is 13.0. The van der Waals surface area contributed by atoms with E-state index in [2.05, 4.69) is 18.7 Å². The SMILES string of the molecule is CC(C)(C(N)C1CCOCC1)N1CCCCCC1. The Bertz CT molecular complexity index is 241. The largest absolute Gasteiger partial charge is 0.381 e. The number of ether oxygens (including phenoxy) is 1. The Kier molecular flexibility index (Phi) is 5.05. The van der Waals surface area contributed by atoms with Crippen LogP contribution < -0.4 is 5.73 Å². The second-order valence-corrected chi connectivity index (χ2v) is 6.53. The highest BCUT2D eigenvalue weighted by atomic mass is 16.5. The molecule has 18 heavy (non-hydrogen) atoms. The zero-order valence-electron chi connectivity index (χ0n) is 12.2. The van der Waals surface area contributed by atoms with Crippen molar-refractivity contribution in [3.05, 3.63) is 0 Å². The Hall–Kier alpha value is -0.120. The van der Waals surface area contributed by atoms with Crippen LogP contribution in [0.2, 0.25) is 0 Å². The van der Waals surface area contributed by atoms with Gasteiger partial charge in [-0.3, -0.25) is 4.90 Å². The molecule has 0 aliphatic carbocycles. The van der Waals surface area contributed by atoms with Crippen molar-refractivity contribution in [2.75, 3.05) is 26.3 Å². The molecule has 0 bridgehead atoms. The van der Waals surface area contributed by atoms with E-state index in [1.165, 1.54) is 38.8 Å². The maximum atomic E-state index is 6.61. The van der Waals surface area contributed by atoms with Gasteiger partial charge < -0.3 is 10.5 Å². The maximum absolute atomic E-state index is 6.61. The molecule has 0 aromatic rings. The normalized spacial score (nSPS) is 26.8. The van der Waals surface area contributed by atoms with Crippen molar-refractivity contribution in [2.24, 2.45) is 11.7 Å². The van der Waals surface area contributed by atoms with E-state index >= 15 is 0 Å². The summed E-state index contributed by atoms with van der Waals surface area (Å²) in [6.07, 6.45) is 7.73. The summed E-state index contributed by atoms with van der Waals surface area (Å²) in [4.78, 5) is 2.64. The second kappa shape index (κ2) is 6.36. The summed E-state index contributed by atoms with van der Waals surface area (Å²) in [5, 5.41) is 0. The molecule has 3 nitrogen and oxygen atoms in total. The van der Waals surface area contributed by atoms with Crippen LogP contribution in [0.4, 0.5) is 0 Å². The van der Waals surface area contributed by atoms with Gasteiger partial charge >= 0.3 is 0 Å². The average molecular weight is 254 g/mol. The zero-order valence-corrected chi connectivity index (χ0v) is 12.2. The molecule has 1 unspecified atom stereocenters. The molecule has 0 spiro atoms. The van der Waals surface area contributed by atoms with Crippen LogP contribution in [0.25, 0.3) is 0 Å². The molecule has 2 fully saturated rings. The molecule has 1 atom stereocenters. The minimum absolute atomic E-state index is 0.131. The first-order valence-electron chi connectivity index (χ1n) is 7.71. The maximum Gasteiger partial charge on any atom is 0.0469 e. The molecule has 2 rings (SSSR count). The van der Waals surface area contributed by atoms with Gasteiger partial charge in [-0.1, -0.05) is 12.8 Å². The van der Waals surface area contributed by atoms with Crippen molar-refractivity contribution in [1.29, 1.82) is 0 Å². The van der Waals surface area contributed by atoms with Crippen LogP contribution in [0.1, 0.15) is 52.4 Å². The lowest BCUT2D eigenvalue weighted by molar-refractivity contribution is 0.0179. The molecule has 2 N–H and O–H groups in total. The van der Waals surface area contributed by atoms with Crippen LogP contribution >= 0.6 is 0 Å². The molecule has 0 saturated carbocycles. The van der Waals surface area contributed by atoms with Crippen LogP contribution in [-0.2, 0) is 4.74 Å². The number of rotatable bonds is 3. The molecule has 0 aromatic carbocycles. The van der Waals surface area contributed by atoms with E-state index in [-0.39, 0.29) is 11.6 Å². The molecule has 3 heteroatoms. The predicted molar refractivity (Wildman–Crippen MR) is 75.6 cm³/mol. The summed E-state index contributed by atoms with van der Waals surface area (Å²) in [6, 6.07) is 0.277. The van der Waals surface area contributed by atoms with Crippen molar-refractivity contribution in [1.82, 2.24) is 4.90 Å². The van der Waals surface area contributed by atoms with Crippen LogP contribution in [0.15, 0.2) is 0 Å². The van der Waals surface area contributed by atoms with Crippen LogP contribution in [0.5, 0.6) is 0 Å². The number of nitrogens with zero attached hydrogens (tertiary/aromatic N) is 1. The third-order valence-corrected chi connectivity index (χ3v) is 5.01. The van der Waals surface area contributed by atoms with Gasteiger partial charge in [0.15, 0.2) is 0 Å². The second-order valence-electron chi connectivity index (χ2n) is 6.53. The average Bonchev–Trinajstić information content (AvgIpc) is 2.68. The van der Waals surface area contributed by atoms with Gasteiger partial charge in [0.2, 0.25) is 0 Å². The smallest absolute Gasteiger partial charge is 0.0469 e. The first kappa shape index (κ1) is 14.3. The molecular weight excluding hydrogens is 224 g/mol. The molecular formula is C15H30N2O. The minimum atomic E-state index is 0.131. The van der Waals surface area contributed by atoms with E-state index in [1.807, 2.05) is 0 Å². The molecule has 2 heterocycles. The van der Waals surface area contributed by atoms with E-state index in [0.29, 0.717) is 5.92 Å². The quantitative estimate of drug-likeness (QED) is 0.840. The Labute approximate surface area is 112 Å². The van der Waals surface area contributed by atoms with E-state index in [1.54, 1.807) is 0 Å². The van der Waals surface area contributed by atoms with Crippen molar-refractivity contribution >= 4 is 0 Å². The van der Waals surface area contributed by atoms with Crippen LogP contribution in [0, 0.1) is 5.92 Å². The summed E-state index contributed by atoms with van der Waals surface area (Å²) >= 11 is 0. The first-order chi connectivity index (χ1) is 8.62. The molecule has 2 aliphatic heterocycles. The van der Waals surface area contributed by atoms with Gasteiger partial charge in [0.1, 0.15) is 0 Å². The third kappa shape index (κ3) is 3.25. The Morgan fingerprint density at radius 2 is 1.61 bits per heavy atom. The molecule has 106 valence electrons. The highest BCUT2D eigenvalue weighted by molar-refractivity contribution is 4.96. The standard InChI is InChI=1S/C15H30N2O/c1-15(2,17-9-5-3-4-6-10-17)14(16)13-7-11-18-12-8-13/h13-14H,3-12,16H2,1-2H3. The topological polar surface area (TPSA) is 38.5 Å². The molecule has 2 aliphatic rings. The summed E-state index contributed by atoms with van der Waals surface area (Å²) in [6.45, 7) is 8.94. The summed E-state index contributed by atoms with van der Waals surface area (Å²) in [5.41, 5.74) is 6.74. The Morgan fingerprint density at radius 3 is 2.17 bits per heavy atom. The van der Waals surface area contributed by atoms with Crippen molar-refractivity contribution in [3.63, 3.8) is 0 Å². The lowest BCUT2D eigenvalue weighted by Crippen LogP contribution is -2.59. The summed E-state index contributed by atoms with van der Waals surface area (Å²) in [5.74, 6) is 0.636. The fourth-order valence-corrected chi connectivity index (χ4v) is 3.51. The number of nitrogens with two attached hydrogens (primary N) is 1. The summed E-state index contributed by atoms with van der Waals surface area (Å²) in [7, 11) is 0. The fourth-order valence-electron chi connectivity index (χ4n) is 3.51. The van der Waals surface area contributed by atoms with Crippen molar-refractivity contribution in [3.8, 4) is 0 Å². The van der Waals surface area contributed by atoms with Crippen LogP contribution in [-0.4, -0.2) is 42.8 Å². The van der Waals surface area contributed by atoms with Gasteiger partial charge in [-0.05, 0) is 58.5 Å². The van der Waals surface area contributed by atoms with Crippen molar-refractivity contribution < 1.29 is 4.74 Å². The molecule has 0 aromatic heterocycles. The van der Waals surface area contributed by atoms with Crippen LogP contribution in [0.3, 0.4) is 0 Å². The molecule has 2 saturated heterocycles. The number of hydrogen-bond acceptors (Lipinski definition) is 3. The number of hydrogen-bond donors (Lipinski definition) is 1. The van der Waals surface area contributed by atoms with E-state index in [9.17, 15) is 0 Å². The fraction of sp³-hybridized carbons (Fsp3) is 1.00. The highest BCUT2D eigenvalue weighted by Crippen LogP contribution is 2.30. The van der Waals surface area contributed by atoms with E-state index < -0.39 is 0 Å². The Morgan fingerprint density at radius 1 is 1.06 bits per heavy atom. The monoisotopic (exact) mass is 254 g/mol. The summed E-state index contributed by atoms with van der Waals surface area (Å²) < 4.78 is 5.46. The van der Waals surface area contributed by atoms with Gasteiger partial charge in [0.25, 0.3) is 0 Å². The van der Waals surface area contributed by atoms with Crippen molar-refractivity contribution in [2.45, 2.75) is 64.0 Å². The minimum Gasteiger partial charge on any atom is -0.381 e. The Balaban J connectivity index is 1.98. The highest BCUT2D eigenvalue weighted by Gasteiger charge is 2.38. The van der Waals surface area contributed by atoms with Gasteiger partial charge in [0.05, 0.1) is 0 Å². The lowest BCUT2D eigenvalue weighted by Gasteiger charge is -2.46. The third-order valence-electron chi connectivity index (χ3n) is 5.01. The first-order valence-corrected chi connectivity index (χ1v) is 7.71. The van der Waals surface area contributed by atoms with Gasteiger partial charge in [-0.15, -0.1) is 0 Å². The predicted octanol–water partition coefficient (Wildman–Crippen LogP) is 2.39.